The van der Waals surface area contributed by atoms with Crippen molar-refractivity contribution >= 4 is 56.4 Å². The molecule has 7 nitrogen and oxygen atoms in total. The first-order chi connectivity index (χ1) is 9.47. The van der Waals surface area contributed by atoms with Crippen LogP contribution in [0.3, 0.4) is 0 Å². The van der Waals surface area contributed by atoms with Gasteiger partial charge in [-0.05, 0) is 18.4 Å². The number of primary amides is 1. The molecule has 10 heteroatoms. The average Bonchev–Trinajstić information content (AvgIpc) is 2.98. The third kappa shape index (κ3) is 3.46. The number of rotatable bonds is 5. The Kier molecular flexibility index (Phi) is 4.57. The van der Waals surface area contributed by atoms with Crippen LogP contribution in [0, 0.1) is 0 Å². The lowest BCUT2D eigenvalue weighted by atomic mass is 10.3. The molecule has 0 fully saturated rings. The van der Waals surface area contributed by atoms with Gasteiger partial charge < -0.3 is 16.8 Å². The minimum atomic E-state index is -0.571. The van der Waals surface area contributed by atoms with Gasteiger partial charge in [-0.25, -0.2) is 0 Å². The van der Waals surface area contributed by atoms with Crippen LogP contribution in [0.2, 0.25) is 0 Å². The van der Waals surface area contributed by atoms with E-state index >= 15 is 0 Å². The zero-order valence-electron chi connectivity index (χ0n) is 10.3. The van der Waals surface area contributed by atoms with Crippen LogP contribution in [0.4, 0.5) is 10.1 Å². The summed E-state index contributed by atoms with van der Waals surface area (Å²) in [6.07, 6.45) is 0. The highest BCUT2D eigenvalue weighted by molar-refractivity contribution is 8.02. The standard InChI is InChI=1S/C10H11N5O2S3/c1-4(19-10-15-14-9(12)20-10)7(17)13-8-5(6(11)16)2-3-18-8/h2-4H,1H3,(H2,11,16)(H2,12,14)(H,13,17). The maximum Gasteiger partial charge on any atom is 0.251 e. The summed E-state index contributed by atoms with van der Waals surface area (Å²) in [4.78, 5) is 23.2. The molecular weight excluding hydrogens is 318 g/mol. The number of nitrogens with two attached hydrogens (primary N) is 2. The molecule has 20 heavy (non-hydrogen) atoms. The van der Waals surface area contributed by atoms with Gasteiger partial charge in [-0.15, -0.1) is 21.5 Å². The monoisotopic (exact) mass is 329 g/mol. The van der Waals surface area contributed by atoms with Crippen molar-refractivity contribution < 1.29 is 9.59 Å². The largest absolute Gasteiger partial charge is 0.374 e. The maximum absolute atomic E-state index is 12.0. The number of thiophene rings is 1. The molecule has 106 valence electrons. The number of amides is 2. The quantitative estimate of drug-likeness (QED) is 0.712. The summed E-state index contributed by atoms with van der Waals surface area (Å²) in [5, 5.41) is 12.3. The van der Waals surface area contributed by atoms with E-state index < -0.39 is 11.2 Å². The molecule has 0 radical (unpaired) electrons. The van der Waals surface area contributed by atoms with Crippen LogP contribution in [0.15, 0.2) is 15.8 Å². The molecule has 1 atom stereocenters. The SMILES string of the molecule is CC(Sc1nnc(N)s1)C(=O)Nc1sccc1C(N)=O. The average molecular weight is 329 g/mol. The molecule has 1 unspecified atom stereocenters. The van der Waals surface area contributed by atoms with E-state index in [0.29, 0.717) is 20.0 Å². The second-order valence-corrected chi connectivity index (χ2v) is 7.20. The van der Waals surface area contributed by atoms with Gasteiger partial charge in [0.05, 0.1) is 10.8 Å². The van der Waals surface area contributed by atoms with Gasteiger partial charge in [-0.3, -0.25) is 9.59 Å². The van der Waals surface area contributed by atoms with Gasteiger partial charge >= 0.3 is 0 Å². The second kappa shape index (κ2) is 6.20. The van der Waals surface area contributed by atoms with Crippen molar-refractivity contribution in [2.45, 2.75) is 16.5 Å². The van der Waals surface area contributed by atoms with E-state index in [0.717, 1.165) is 0 Å². The van der Waals surface area contributed by atoms with E-state index in [1.807, 2.05) is 0 Å². The normalized spacial score (nSPS) is 12.1. The third-order valence-corrected chi connectivity index (χ3v) is 5.00. The minimum absolute atomic E-state index is 0.242. The number of nitrogens with one attached hydrogen (secondary N) is 1. The van der Waals surface area contributed by atoms with E-state index in [-0.39, 0.29) is 5.91 Å². The van der Waals surface area contributed by atoms with Gasteiger partial charge in [0.2, 0.25) is 11.0 Å². The van der Waals surface area contributed by atoms with Crippen LogP contribution in [0.25, 0.3) is 0 Å². The number of hydrogen-bond donors (Lipinski definition) is 3. The summed E-state index contributed by atoms with van der Waals surface area (Å²) in [5.74, 6) is -0.813. The first kappa shape index (κ1) is 14.8. The minimum Gasteiger partial charge on any atom is -0.374 e. The van der Waals surface area contributed by atoms with Gasteiger partial charge in [-0.1, -0.05) is 23.1 Å². The van der Waals surface area contributed by atoms with Crippen LogP contribution in [0.1, 0.15) is 17.3 Å². The summed E-state index contributed by atoms with van der Waals surface area (Å²) in [6.45, 7) is 1.73. The number of carbonyl (C=O) groups is 2. The van der Waals surface area contributed by atoms with Gasteiger partial charge in [-0.2, -0.15) is 0 Å². The second-order valence-electron chi connectivity index (χ2n) is 3.68. The highest BCUT2D eigenvalue weighted by atomic mass is 32.2. The van der Waals surface area contributed by atoms with Crippen LogP contribution < -0.4 is 16.8 Å². The van der Waals surface area contributed by atoms with Crippen molar-refractivity contribution in [3.8, 4) is 0 Å². The number of aromatic nitrogens is 2. The number of hydrogen-bond acceptors (Lipinski definition) is 8. The van der Waals surface area contributed by atoms with Crippen molar-refractivity contribution in [2.24, 2.45) is 5.73 Å². The maximum atomic E-state index is 12.0. The van der Waals surface area contributed by atoms with Crippen LogP contribution >= 0.6 is 34.4 Å². The predicted octanol–water partition coefficient (Wildman–Crippen LogP) is 1.40. The van der Waals surface area contributed by atoms with Crippen molar-refractivity contribution in [2.75, 3.05) is 11.1 Å². The number of anilines is 2. The highest BCUT2D eigenvalue weighted by Crippen LogP contribution is 2.29. The molecule has 0 saturated heterocycles. The Hall–Kier alpha value is -1.65. The Labute approximate surface area is 126 Å². The molecular formula is C10H11N5O2S3. The van der Waals surface area contributed by atoms with Crippen LogP contribution in [0.5, 0.6) is 0 Å². The lowest BCUT2D eigenvalue weighted by Gasteiger charge is -2.09. The fraction of sp³-hybridized carbons (Fsp3) is 0.200. The summed E-state index contributed by atoms with van der Waals surface area (Å²) >= 11 is 3.71. The number of carbonyl (C=O) groups excluding carboxylic acids is 2. The molecule has 2 amide bonds. The molecule has 0 aromatic carbocycles. The molecule has 0 aliphatic rings. The molecule has 0 spiro atoms. The number of nitrogens with zero attached hydrogens (tertiary/aromatic N) is 2. The molecule has 0 saturated carbocycles. The molecule has 0 bridgehead atoms. The molecule has 2 aromatic rings. The zero-order chi connectivity index (χ0) is 14.7. The van der Waals surface area contributed by atoms with Crippen LogP contribution in [-0.2, 0) is 4.79 Å². The first-order valence-corrected chi connectivity index (χ1v) is 7.98. The Morgan fingerprint density at radius 3 is 2.80 bits per heavy atom. The first-order valence-electron chi connectivity index (χ1n) is 5.41. The Morgan fingerprint density at radius 2 is 2.20 bits per heavy atom. The van der Waals surface area contributed by atoms with Crippen molar-refractivity contribution in [3.63, 3.8) is 0 Å². The third-order valence-electron chi connectivity index (χ3n) is 2.24. The van der Waals surface area contributed by atoms with Gasteiger partial charge in [0.25, 0.3) is 5.91 Å². The van der Waals surface area contributed by atoms with E-state index in [9.17, 15) is 9.59 Å². The fourth-order valence-electron chi connectivity index (χ4n) is 1.29. The molecule has 5 N–H and O–H groups in total. The van der Waals surface area contributed by atoms with Gasteiger partial charge in [0.1, 0.15) is 5.00 Å². The Bertz CT molecular complexity index is 638. The van der Waals surface area contributed by atoms with Crippen LogP contribution in [-0.4, -0.2) is 27.3 Å². The van der Waals surface area contributed by atoms with E-state index in [2.05, 4.69) is 15.5 Å². The number of thioether (sulfide) groups is 1. The predicted molar refractivity (Wildman–Crippen MR) is 81.1 cm³/mol. The Morgan fingerprint density at radius 1 is 1.45 bits per heavy atom. The molecule has 2 heterocycles. The summed E-state index contributed by atoms with van der Waals surface area (Å²) in [6, 6.07) is 1.58. The van der Waals surface area contributed by atoms with Crippen molar-refractivity contribution in [1.82, 2.24) is 10.2 Å². The summed E-state index contributed by atoms with van der Waals surface area (Å²) < 4.78 is 0.617. The summed E-state index contributed by atoms with van der Waals surface area (Å²) in [7, 11) is 0. The summed E-state index contributed by atoms with van der Waals surface area (Å²) in [5.41, 5.74) is 11.0. The van der Waals surface area contributed by atoms with Crippen molar-refractivity contribution in [1.29, 1.82) is 0 Å². The Balaban J connectivity index is 2.00. The molecule has 0 aliphatic carbocycles. The van der Waals surface area contributed by atoms with Gasteiger partial charge in [0, 0.05) is 0 Å². The number of nitrogen functional groups attached to an aromatic ring is 1. The zero-order valence-corrected chi connectivity index (χ0v) is 12.8. The van der Waals surface area contributed by atoms with Crippen molar-refractivity contribution in [3.05, 3.63) is 17.0 Å². The van der Waals surface area contributed by atoms with E-state index in [4.69, 9.17) is 11.5 Å². The topological polar surface area (TPSA) is 124 Å². The fourth-order valence-corrected chi connectivity index (χ4v) is 3.86. The lowest BCUT2D eigenvalue weighted by Crippen LogP contribution is -2.23. The molecule has 2 aromatic heterocycles. The molecule has 0 aliphatic heterocycles. The van der Waals surface area contributed by atoms with E-state index in [1.165, 1.54) is 34.4 Å². The van der Waals surface area contributed by atoms with Gasteiger partial charge in [0.15, 0.2) is 4.34 Å². The molecule has 2 rings (SSSR count). The smallest absolute Gasteiger partial charge is 0.251 e. The lowest BCUT2D eigenvalue weighted by molar-refractivity contribution is -0.115. The highest BCUT2D eigenvalue weighted by Gasteiger charge is 2.19. The van der Waals surface area contributed by atoms with E-state index in [1.54, 1.807) is 18.4 Å².